The van der Waals surface area contributed by atoms with Gasteiger partial charge in [-0.3, -0.25) is 4.03 Å². The first-order valence-corrected chi connectivity index (χ1v) is 16.4. The number of fused-ring (bicyclic) bond motifs is 2. The van der Waals surface area contributed by atoms with Crippen LogP contribution in [0.3, 0.4) is 0 Å². The zero-order valence-electron chi connectivity index (χ0n) is 21.1. The maximum absolute atomic E-state index is 15.3. The van der Waals surface area contributed by atoms with E-state index < -0.39 is 23.6 Å². The molecule has 2 fully saturated rings. The highest BCUT2D eigenvalue weighted by Gasteiger charge is 2.54. The molecule has 0 saturated heterocycles. The van der Waals surface area contributed by atoms with Crippen LogP contribution >= 0.6 is 0 Å². The first kappa shape index (κ1) is 24.5. The second kappa shape index (κ2) is 9.02. The largest absolute Gasteiger partial charge is 0.389 e. The molecule has 4 atom stereocenters. The van der Waals surface area contributed by atoms with E-state index >= 15 is 4.21 Å². The van der Waals surface area contributed by atoms with Crippen molar-refractivity contribution in [3.63, 3.8) is 0 Å². The fraction of sp³-hybridized carbons (Fsp3) is 0.400. The van der Waals surface area contributed by atoms with E-state index in [2.05, 4.69) is 69.3 Å². The van der Waals surface area contributed by atoms with Gasteiger partial charge in [0.2, 0.25) is 0 Å². The third kappa shape index (κ3) is 4.32. The molecular weight excluding hydrogens is 466 g/mol. The molecule has 0 amide bonds. The van der Waals surface area contributed by atoms with Crippen molar-refractivity contribution in [1.29, 1.82) is 0 Å². The Labute approximate surface area is 211 Å². The van der Waals surface area contributed by atoms with E-state index in [1.165, 1.54) is 6.42 Å². The van der Waals surface area contributed by atoms with Crippen LogP contribution in [0.15, 0.2) is 99.9 Å². The van der Waals surface area contributed by atoms with Gasteiger partial charge >= 0.3 is 0 Å². The Bertz CT molecular complexity index is 1240. The first-order valence-electron chi connectivity index (χ1n) is 12.8. The van der Waals surface area contributed by atoms with Crippen molar-refractivity contribution in [2.24, 2.45) is 15.9 Å². The van der Waals surface area contributed by atoms with Gasteiger partial charge in [0.25, 0.3) is 8.24 Å². The zero-order valence-corrected chi connectivity index (χ0v) is 22.9. The highest BCUT2D eigenvalue weighted by atomic mass is 32.2. The van der Waals surface area contributed by atoms with Crippen molar-refractivity contribution in [3.8, 4) is 0 Å². The van der Waals surface area contributed by atoms with Gasteiger partial charge in [0, 0.05) is 4.90 Å². The number of hydrogen-bond acceptors (Lipinski definition) is 3. The van der Waals surface area contributed by atoms with E-state index in [0.29, 0.717) is 5.92 Å². The molecule has 0 radical (unpaired) electrons. The molecule has 5 heteroatoms. The Kier molecular flexibility index (Phi) is 6.31. The van der Waals surface area contributed by atoms with Gasteiger partial charge in [0.05, 0.1) is 21.1 Å². The molecule has 2 saturated carbocycles. The number of benzene rings is 3. The standard InChI is InChI=1S/C30H37NO2SSi/c1-29(2,3)35(27-15-9-5-10-16-27,28-17-11-6-12-18-28)31-34(33,26-13-7-4-8-14-26)23-30(32)22-24-19-20-25(30)21-24/h4-18,24-25,32H,19-23H2,1-3H3/t24-,25+,30+,34?/m0/s1. The van der Waals surface area contributed by atoms with E-state index in [1.54, 1.807) is 0 Å². The highest BCUT2D eigenvalue weighted by Crippen LogP contribution is 2.52. The Morgan fingerprint density at radius 1 is 0.886 bits per heavy atom. The number of hydrogen-bond donors (Lipinski definition) is 1. The van der Waals surface area contributed by atoms with Crippen molar-refractivity contribution in [2.75, 3.05) is 5.75 Å². The van der Waals surface area contributed by atoms with E-state index in [-0.39, 0.29) is 16.7 Å². The molecule has 2 bridgehead atoms. The van der Waals surface area contributed by atoms with E-state index in [9.17, 15) is 5.11 Å². The molecule has 2 aliphatic rings. The molecule has 3 nitrogen and oxygen atoms in total. The normalized spacial score (nSPS) is 25.8. The van der Waals surface area contributed by atoms with E-state index in [1.807, 2.05) is 42.5 Å². The molecule has 1 unspecified atom stereocenters. The molecule has 2 aliphatic carbocycles. The highest BCUT2D eigenvalue weighted by molar-refractivity contribution is 7.94. The third-order valence-corrected chi connectivity index (χ3v) is 16.9. The van der Waals surface area contributed by atoms with Crippen molar-refractivity contribution in [1.82, 2.24) is 0 Å². The average Bonchev–Trinajstić information content (AvgIpc) is 3.44. The second-order valence-corrected chi connectivity index (χ2v) is 18.4. The van der Waals surface area contributed by atoms with Crippen LogP contribution in [0.1, 0.15) is 46.5 Å². The lowest BCUT2D eigenvalue weighted by Gasteiger charge is -2.41. The van der Waals surface area contributed by atoms with Gasteiger partial charge in [-0.2, -0.15) is 0 Å². The predicted molar refractivity (Wildman–Crippen MR) is 148 cm³/mol. The average molecular weight is 504 g/mol. The molecule has 0 spiro atoms. The summed E-state index contributed by atoms with van der Waals surface area (Å²) in [6, 6.07) is 30.7. The molecule has 3 aromatic rings. The number of nitrogens with zero attached hydrogens (tertiary/aromatic N) is 1. The lowest BCUT2D eigenvalue weighted by molar-refractivity contribution is 0.00905. The Morgan fingerprint density at radius 3 is 1.83 bits per heavy atom. The Hall–Kier alpha value is -2.21. The van der Waals surface area contributed by atoms with Gasteiger partial charge in [-0.25, -0.2) is 4.21 Å². The summed E-state index contributed by atoms with van der Waals surface area (Å²) < 4.78 is 21.0. The summed E-state index contributed by atoms with van der Waals surface area (Å²) in [5, 5.41) is 14.0. The topological polar surface area (TPSA) is 49.7 Å². The van der Waals surface area contributed by atoms with Gasteiger partial charge in [-0.05, 0) is 65.1 Å². The van der Waals surface area contributed by atoms with Crippen LogP contribution < -0.4 is 10.4 Å². The summed E-state index contributed by atoms with van der Waals surface area (Å²) in [6.07, 6.45) is 4.02. The summed E-state index contributed by atoms with van der Waals surface area (Å²) in [7, 11) is -5.89. The summed E-state index contributed by atoms with van der Waals surface area (Å²) in [6.45, 7) is 6.71. The van der Waals surface area contributed by atoms with E-state index in [0.717, 1.165) is 34.5 Å². The molecule has 35 heavy (non-hydrogen) atoms. The quantitative estimate of drug-likeness (QED) is 0.444. The molecular formula is C30H37NO2SSi. The summed E-state index contributed by atoms with van der Waals surface area (Å²) in [5.41, 5.74) is -0.912. The number of aliphatic hydroxyl groups is 1. The second-order valence-electron chi connectivity index (χ2n) is 11.6. The SMILES string of the molecule is CC(C)(C)[Si](N=S(=O)(C[C@]1(O)C[C@H]2CC[C@@H]1C2)c1ccccc1)(c1ccccc1)c1ccccc1. The number of rotatable bonds is 6. The minimum absolute atomic E-state index is 0.218. The molecule has 0 aliphatic heterocycles. The summed E-state index contributed by atoms with van der Waals surface area (Å²) >= 11 is 0. The van der Waals surface area contributed by atoms with Crippen molar-refractivity contribution >= 4 is 28.3 Å². The lowest BCUT2D eigenvalue weighted by Crippen LogP contribution is -2.64. The molecule has 1 N–H and O–H groups in total. The summed E-state index contributed by atoms with van der Waals surface area (Å²) in [5.74, 6) is 0.999. The monoisotopic (exact) mass is 503 g/mol. The van der Waals surface area contributed by atoms with Crippen LogP contribution in [0.5, 0.6) is 0 Å². The molecule has 184 valence electrons. The van der Waals surface area contributed by atoms with Gasteiger partial charge in [0.15, 0.2) is 0 Å². The van der Waals surface area contributed by atoms with Gasteiger partial charge < -0.3 is 5.11 Å². The van der Waals surface area contributed by atoms with Crippen LogP contribution in [-0.4, -0.2) is 28.9 Å². The molecule has 3 aromatic carbocycles. The van der Waals surface area contributed by atoms with Crippen molar-refractivity contribution in [3.05, 3.63) is 91.0 Å². The molecule has 0 aromatic heterocycles. The predicted octanol–water partition coefficient (Wildman–Crippen LogP) is 5.62. The maximum Gasteiger partial charge on any atom is 0.260 e. The van der Waals surface area contributed by atoms with Crippen LogP contribution in [0.2, 0.25) is 5.04 Å². The summed E-state index contributed by atoms with van der Waals surface area (Å²) in [4.78, 5) is 0.740. The molecule has 0 heterocycles. The Morgan fingerprint density at radius 2 is 1.40 bits per heavy atom. The Balaban J connectivity index is 1.81. The first-order chi connectivity index (χ1) is 16.7. The third-order valence-electron chi connectivity index (χ3n) is 8.25. The molecule has 5 rings (SSSR count). The van der Waals surface area contributed by atoms with Crippen LogP contribution in [0.4, 0.5) is 0 Å². The van der Waals surface area contributed by atoms with Crippen LogP contribution in [0.25, 0.3) is 0 Å². The van der Waals surface area contributed by atoms with Crippen LogP contribution in [-0.2, 0) is 9.73 Å². The zero-order chi connectivity index (χ0) is 24.7. The fourth-order valence-electron chi connectivity index (χ4n) is 6.59. The minimum Gasteiger partial charge on any atom is -0.389 e. The maximum atomic E-state index is 15.3. The van der Waals surface area contributed by atoms with Gasteiger partial charge in [0.1, 0.15) is 0 Å². The van der Waals surface area contributed by atoms with Gasteiger partial charge in [-0.15, -0.1) is 0 Å². The fourth-order valence-corrected chi connectivity index (χ4v) is 16.2. The smallest absolute Gasteiger partial charge is 0.260 e. The lowest BCUT2D eigenvalue weighted by atomic mass is 9.86. The van der Waals surface area contributed by atoms with Gasteiger partial charge in [-0.1, -0.05) is 99.6 Å². The van der Waals surface area contributed by atoms with Crippen molar-refractivity contribution < 1.29 is 9.32 Å². The van der Waals surface area contributed by atoms with Crippen molar-refractivity contribution in [2.45, 2.75) is 62.0 Å². The van der Waals surface area contributed by atoms with Crippen LogP contribution in [0, 0.1) is 11.8 Å². The van der Waals surface area contributed by atoms with E-state index in [4.69, 9.17) is 4.03 Å². The minimum atomic E-state index is -2.95.